The molecule has 0 bridgehead atoms. The fraction of sp³-hybridized carbons (Fsp3) is 0.550. The largest absolute Gasteiger partial charge is 0.368 e. The van der Waals surface area contributed by atoms with E-state index in [9.17, 15) is 18.5 Å². The minimum absolute atomic E-state index is 0.00164. The minimum Gasteiger partial charge on any atom is -0.368 e. The monoisotopic (exact) mass is 428 g/mol. The number of nitrogens with one attached hydrogen (secondary N) is 2. The van der Waals surface area contributed by atoms with Gasteiger partial charge in [0.1, 0.15) is 11.5 Å². The topological polar surface area (TPSA) is 122 Å². The summed E-state index contributed by atoms with van der Waals surface area (Å²) >= 11 is 0. The zero-order chi connectivity index (χ0) is 20.9. The number of H-pyrrole nitrogens is 1. The number of aromatic amines is 1. The average molecular weight is 429 g/mol. The van der Waals surface area contributed by atoms with E-state index in [2.05, 4.69) is 26.3 Å². The molecule has 1 amide bonds. The summed E-state index contributed by atoms with van der Waals surface area (Å²) in [4.78, 5) is 21.9. The molecule has 2 aliphatic carbocycles. The first kappa shape index (κ1) is 19.3. The summed E-state index contributed by atoms with van der Waals surface area (Å²) in [5.74, 6) is 0.524. The maximum atomic E-state index is 12.8. The zero-order valence-electron chi connectivity index (χ0n) is 16.6. The van der Waals surface area contributed by atoms with Crippen molar-refractivity contribution in [3.63, 3.8) is 0 Å². The second-order valence-electron chi connectivity index (χ2n) is 8.56. The number of carbonyl (C=O) groups excluding carboxylic acids is 1. The molecule has 10 heteroatoms. The number of pyridine rings is 1. The molecule has 0 spiro atoms. The molecule has 30 heavy (non-hydrogen) atoms. The van der Waals surface area contributed by atoms with Gasteiger partial charge in [0.05, 0.1) is 22.9 Å². The van der Waals surface area contributed by atoms with Crippen molar-refractivity contribution in [3.8, 4) is 6.07 Å². The first-order valence-corrected chi connectivity index (χ1v) is 11.9. The lowest BCUT2D eigenvalue weighted by atomic mass is 10.2. The van der Waals surface area contributed by atoms with Gasteiger partial charge in [-0.2, -0.15) is 9.57 Å². The maximum absolute atomic E-state index is 12.8. The number of fused-ring (bicyclic) bond motifs is 1. The molecule has 0 atom stereocenters. The van der Waals surface area contributed by atoms with Crippen LogP contribution in [0.15, 0.2) is 18.3 Å². The van der Waals surface area contributed by atoms with Gasteiger partial charge in [0, 0.05) is 49.7 Å². The summed E-state index contributed by atoms with van der Waals surface area (Å²) in [5.41, 5.74) is 0.950. The van der Waals surface area contributed by atoms with Gasteiger partial charge in [-0.25, -0.2) is 13.4 Å². The first-order valence-electron chi connectivity index (χ1n) is 10.3. The number of hydrogen-bond donors (Lipinski definition) is 2. The molecule has 2 saturated carbocycles. The summed E-state index contributed by atoms with van der Waals surface area (Å²) in [6.45, 7) is 1.84. The molecular weight excluding hydrogens is 404 g/mol. The Morgan fingerprint density at radius 2 is 2.03 bits per heavy atom. The molecular formula is C20H24N6O3S. The highest BCUT2D eigenvalue weighted by atomic mass is 32.2. The van der Waals surface area contributed by atoms with Crippen molar-refractivity contribution in [1.82, 2.24) is 14.3 Å². The van der Waals surface area contributed by atoms with Crippen molar-refractivity contribution in [2.75, 3.05) is 42.1 Å². The third-order valence-electron chi connectivity index (χ3n) is 6.23. The standard InChI is InChI=1S/C20H24N6O3S/c21-12-20(4-5-20)13-30(28,29)26-9-7-25(8-10-26)16-11-17(24-19(27)14-1-2-14)23-18-15(16)3-6-22-18/h3,6,11,14H,1-2,4-5,7-10,13H2,(H2,22,23,24,27). The molecule has 2 aromatic heterocycles. The van der Waals surface area contributed by atoms with Gasteiger partial charge in [0.15, 0.2) is 0 Å². The lowest BCUT2D eigenvalue weighted by Gasteiger charge is -2.36. The molecule has 0 aromatic carbocycles. The molecule has 1 saturated heterocycles. The first-order chi connectivity index (χ1) is 14.4. The number of amides is 1. The number of anilines is 2. The van der Waals surface area contributed by atoms with Gasteiger partial charge < -0.3 is 15.2 Å². The molecule has 5 rings (SSSR count). The van der Waals surface area contributed by atoms with Crippen molar-refractivity contribution in [2.45, 2.75) is 25.7 Å². The second-order valence-corrected chi connectivity index (χ2v) is 10.5. The van der Waals surface area contributed by atoms with Gasteiger partial charge in [0.25, 0.3) is 0 Å². The normalized spacial score (nSPS) is 21.4. The molecule has 2 N–H and O–H groups in total. The highest BCUT2D eigenvalue weighted by Crippen LogP contribution is 2.46. The Bertz CT molecular complexity index is 1130. The second kappa shape index (κ2) is 6.96. The van der Waals surface area contributed by atoms with Crippen LogP contribution in [0.25, 0.3) is 11.0 Å². The Kier molecular flexibility index (Phi) is 4.48. The number of sulfonamides is 1. The van der Waals surface area contributed by atoms with Crippen LogP contribution in [-0.2, 0) is 14.8 Å². The zero-order valence-corrected chi connectivity index (χ0v) is 17.4. The van der Waals surface area contributed by atoms with E-state index >= 15 is 0 Å². The van der Waals surface area contributed by atoms with Crippen molar-refractivity contribution in [1.29, 1.82) is 5.26 Å². The van der Waals surface area contributed by atoms with Gasteiger partial charge in [0.2, 0.25) is 15.9 Å². The van der Waals surface area contributed by atoms with E-state index in [1.54, 1.807) is 0 Å². The summed E-state index contributed by atoms with van der Waals surface area (Å²) in [7, 11) is -3.45. The van der Waals surface area contributed by atoms with Gasteiger partial charge in [-0.05, 0) is 31.7 Å². The highest BCUT2D eigenvalue weighted by Gasteiger charge is 2.48. The minimum atomic E-state index is -3.45. The molecule has 0 unspecified atom stereocenters. The third kappa shape index (κ3) is 3.63. The molecule has 3 fully saturated rings. The van der Waals surface area contributed by atoms with Gasteiger partial charge >= 0.3 is 0 Å². The Hall–Kier alpha value is -2.64. The van der Waals surface area contributed by atoms with Crippen LogP contribution in [0.3, 0.4) is 0 Å². The Labute approximate surface area is 175 Å². The predicted molar refractivity (Wildman–Crippen MR) is 112 cm³/mol. The molecule has 2 aromatic rings. The van der Waals surface area contributed by atoms with E-state index in [-0.39, 0.29) is 17.6 Å². The van der Waals surface area contributed by atoms with Gasteiger partial charge in [-0.1, -0.05) is 0 Å². The third-order valence-corrected chi connectivity index (χ3v) is 8.30. The number of piperazine rings is 1. The van der Waals surface area contributed by atoms with Crippen LogP contribution in [0.5, 0.6) is 0 Å². The van der Waals surface area contributed by atoms with E-state index in [4.69, 9.17) is 0 Å². The van der Waals surface area contributed by atoms with Crippen LogP contribution in [0.4, 0.5) is 11.5 Å². The average Bonchev–Trinajstić information content (AvgIpc) is 3.66. The van der Waals surface area contributed by atoms with Crippen molar-refractivity contribution >= 4 is 38.5 Å². The SMILES string of the molecule is N#CC1(CS(=O)(=O)N2CCN(c3cc(NC(=O)C4CC4)nc4[nH]ccc34)CC2)CC1. The van der Waals surface area contributed by atoms with Crippen molar-refractivity contribution in [3.05, 3.63) is 18.3 Å². The van der Waals surface area contributed by atoms with E-state index in [1.807, 2.05) is 18.3 Å². The van der Waals surface area contributed by atoms with E-state index in [0.29, 0.717) is 50.5 Å². The number of hydrogen-bond acceptors (Lipinski definition) is 6. The van der Waals surface area contributed by atoms with Crippen molar-refractivity contribution in [2.24, 2.45) is 11.3 Å². The van der Waals surface area contributed by atoms with Crippen LogP contribution in [0.1, 0.15) is 25.7 Å². The lowest BCUT2D eigenvalue weighted by Crippen LogP contribution is -2.50. The van der Waals surface area contributed by atoms with Gasteiger partial charge in [-0.15, -0.1) is 0 Å². The fourth-order valence-electron chi connectivity index (χ4n) is 4.01. The Balaban J connectivity index is 1.32. The Morgan fingerprint density at radius 1 is 1.30 bits per heavy atom. The number of carbonyl (C=O) groups is 1. The fourth-order valence-corrected chi connectivity index (χ4v) is 5.96. The van der Waals surface area contributed by atoms with Gasteiger partial charge in [-0.3, -0.25) is 4.79 Å². The quantitative estimate of drug-likeness (QED) is 0.722. The summed E-state index contributed by atoms with van der Waals surface area (Å²) in [6.07, 6.45) is 4.99. The molecule has 0 radical (unpaired) electrons. The highest BCUT2D eigenvalue weighted by molar-refractivity contribution is 7.89. The molecule has 9 nitrogen and oxygen atoms in total. The summed E-state index contributed by atoms with van der Waals surface area (Å²) in [6, 6.07) is 5.98. The van der Waals surface area contributed by atoms with Crippen LogP contribution in [0, 0.1) is 22.7 Å². The maximum Gasteiger partial charge on any atom is 0.228 e. The van der Waals surface area contributed by atoms with Crippen LogP contribution >= 0.6 is 0 Å². The van der Waals surface area contributed by atoms with Crippen LogP contribution < -0.4 is 10.2 Å². The number of nitrogens with zero attached hydrogens (tertiary/aromatic N) is 4. The number of nitriles is 1. The predicted octanol–water partition coefficient (Wildman–Crippen LogP) is 1.67. The summed E-state index contributed by atoms with van der Waals surface area (Å²) in [5, 5.41) is 13.1. The number of aromatic nitrogens is 2. The van der Waals surface area contributed by atoms with E-state index < -0.39 is 15.4 Å². The van der Waals surface area contributed by atoms with E-state index in [0.717, 1.165) is 23.9 Å². The lowest BCUT2D eigenvalue weighted by molar-refractivity contribution is -0.117. The number of rotatable bonds is 6. The molecule has 3 heterocycles. The van der Waals surface area contributed by atoms with Crippen molar-refractivity contribution < 1.29 is 13.2 Å². The molecule has 1 aliphatic heterocycles. The van der Waals surface area contributed by atoms with Crippen LogP contribution in [0.2, 0.25) is 0 Å². The Morgan fingerprint density at radius 3 is 2.67 bits per heavy atom. The molecule has 158 valence electrons. The van der Waals surface area contributed by atoms with Crippen LogP contribution in [-0.4, -0.2) is 60.5 Å². The molecule has 3 aliphatic rings. The van der Waals surface area contributed by atoms with E-state index in [1.165, 1.54) is 4.31 Å². The summed E-state index contributed by atoms with van der Waals surface area (Å²) < 4.78 is 27.0. The smallest absolute Gasteiger partial charge is 0.228 e.